The van der Waals surface area contributed by atoms with E-state index in [1.807, 2.05) is 6.92 Å². The van der Waals surface area contributed by atoms with Crippen molar-refractivity contribution >= 4 is 5.91 Å². The summed E-state index contributed by atoms with van der Waals surface area (Å²) >= 11 is 0. The summed E-state index contributed by atoms with van der Waals surface area (Å²) in [6.45, 7) is 10.7. The van der Waals surface area contributed by atoms with Gasteiger partial charge >= 0.3 is 0 Å². The molecule has 1 amide bonds. The molecule has 0 radical (unpaired) electrons. The largest absolute Gasteiger partial charge is 0.378 e. The molecule has 0 spiro atoms. The summed E-state index contributed by atoms with van der Waals surface area (Å²) in [5.74, 6) is 0.0836. The molecule has 1 rings (SSSR count). The number of nitrogens with two attached hydrogens (primary N) is 1. The molecule has 0 aromatic rings. The van der Waals surface area contributed by atoms with Crippen molar-refractivity contribution in [2.45, 2.75) is 39.7 Å². The van der Waals surface area contributed by atoms with Gasteiger partial charge in [-0.25, -0.2) is 0 Å². The number of morpholine rings is 1. The quantitative estimate of drug-likeness (QED) is 0.711. The van der Waals surface area contributed by atoms with Crippen molar-refractivity contribution in [3.05, 3.63) is 0 Å². The molecule has 0 aromatic carbocycles. The Morgan fingerprint density at radius 2 is 2.26 bits per heavy atom. The molecule has 1 saturated heterocycles. The summed E-state index contributed by atoms with van der Waals surface area (Å²) in [6, 6.07) is -0.130. The smallest absolute Gasteiger partial charge is 0.239 e. The Morgan fingerprint density at radius 1 is 1.53 bits per heavy atom. The van der Waals surface area contributed by atoms with E-state index in [2.05, 4.69) is 24.1 Å². The van der Waals surface area contributed by atoms with Crippen LogP contribution in [-0.2, 0) is 9.53 Å². The molecule has 5 nitrogen and oxygen atoms in total. The van der Waals surface area contributed by atoms with E-state index < -0.39 is 0 Å². The van der Waals surface area contributed by atoms with E-state index >= 15 is 0 Å². The fourth-order valence-corrected chi connectivity index (χ4v) is 2.30. The lowest BCUT2D eigenvalue weighted by molar-refractivity contribution is -0.132. The highest BCUT2D eigenvalue weighted by Gasteiger charge is 2.29. The third-order valence-electron chi connectivity index (χ3n) is 3.74. The van der Waals surface area contributed by atoms with Crippen molar-refractivity contribution in [2.75, 3.05) is 39.4 Å². The Morgan fingerprint density at radius 3 is 2.89 bits per heavy atom. The van der Waals surface area contributed by atoms with Gasteiger partial charge in [0.1, 0.15) is 6.04 Å². The standard InChI is InChI=1S/C14H29N3O2/c1-4-16-13(18)12-10-19-9-8-17(12)7-5-6-14(2,3)11-15/h12H,4-11,15H2,1-3H3,(H,16,18). The lowest BCUT2D eigenvalue weighted by Gasteiger charge is -2.35. The number of nitrogens with zero attached hydrogens (tertiary/aromatic N) is 1. The first-order valence-electron chi connectivity index (χ1n) is 7.30. The molecule has 0 bridgehead atoms. The zero-order chi connectivity index (χ0) is 14.3. The average molecular weight is 271 g/mol. The van der Waals surface area contributed by atoms with Crippen LogP contribution in [0.5, 0.6) is 0 Å². The molecule has 0 aromatic heterocycles. The van der Waals surface area contributed by atoms with Crippen molar-refractivity contribution in [2.24, 2.45) is 11.1 Å². The first kappa shape index (κ1) is 16.4. The van der Waals surface area contributed by atoms with Crippen LogP contribution in [0.3, 0.4) is 0 Å². The van der Waals surface area contributed by atoms with E-state index in [0.717, 1.165) is 32.5 Å². The summed E-state index contributed by atoms with van der Waals surface area (Å²) < 4.78 is 5.43. The zero-order valence-electron chi connectivity index (χ0n) is 12.6. The van der Waals surface area contributed by atoms with E-state index in [9.17, 15) is 4.79 Å². The summed E-state index contributed by atoms with van der Waals surface area (Å²) in [5, 5.41) is 2.88. The van der Waals surface area contributed by atoms with Crippen molar-refractivity contribution in [3.63, 3.8) is 0 Å². The van der Waals surface area contributed by atoms with Crippen LogP contribution < -0.4 is 11.1 Å². The highest BCUT2D eigenvalue weighted by atomic mass is 16.5. The second-order valence-electron chi connectivity index (χ2n) is 5.99. The number of amides is 1. The average Bonchev–Trinajstić information content (AvgIpc) is 2.39. The van der Waals surface area contributed by atoms with Crippen LogP contribution in [0.2, 0.25) is 0 Å². The van der Waals surface area contributed by atoms with Gasteiger partial charge in [-0.15, -0.1) is 0 Å². The molecule has 5 heteroatoms. The zero-order valence-corrected chi connectivity index (χ0v) is 12.6. The Labute approximate surface area is 116 Å². The van der Waals surface area contributed by atoms with Crippen LogP contribution in [0, 0.1) is 5.41 Å². The fourth-order valence-electron chi connectivity index (χ4n) is 2.30. The summed E-state index contributed by atoms with van der Waals surface area (Å²) in [7, 11) is 0. The number of rotatable bonds is 7. The van der Waals surface area contributed by atoms with Crippen molar-refractivity contribution in [1.29, 1.82) is 0 Å². The summed E-state index contributed by atoms with van der Waals surface area (Å²) in [6.07, 6.45) is 2.16. The van der Waals surface area contributed by atoms with E-state index in [-0.39, 0.29) is 17.4 Å². The molecular weight excluding hydrogens is 242 g/mol. The molecule has 112 valence electrons. The molecule has 1 aliphatic rings. The summed E-state index contributed by atoms with van der Waals surface area (Å²) in [4.78, 5) is 14.2. The molecular formula is C14H29N3O2. The van der Waals surface area contributed by atoms with Crippen LogP contribution in [-0.4, -0.2) is 56.2 Å². The molecule has 19 heavy (non-hydrogen) atoms. The van der Waals surface area contributed by atoms with Gasteiger partial charge in [0, 0.05) is 13.1 Å². The summed E-state index contributed by atoms with van der Waals surface area (Å²) in [5.41, 5.74) is 5.93. The van der Waals surface area contributed by atoms with E-state index in [0.29, 0.717) is 19.7 Å². The molecule has 1 atom stereocenters. The molecule has 1 unspecified atom stereocenters. The Balaban J connectivity index is 2.42. The predicted octanol–water partition coefficient (Wildman–Crippen LogP) is 0.588. The van der Waals surface area contributed by atoms with Crippen LogP contribution in [0.15, 0.2) is 0 Å². The van der Waals surface area contributed by atoms with Crippen molar-refractivity contribution < 1.29 is 9.53 Å². The van der Waals surface area contributed by atoms with E-state index in [1.165, 1.54) is 0 Å². The number of nitrogens with one attached hydrogen (secondary N) is 1. The highest BCUT2D eigenvalue weighted by Crippen LogP contribution is 2.21. The molecule has 1 aliphatic heterocycles. The lowest BCUT2D eigenvalue weighted by Crippen LogP contribution is -2.54. The van der Waals surface area contributed by atoms with E-state index in [1.54, 1.807) is 0 Å². The van der Waals surface area contributed by atoms with Gasteiger partial charge in [0.15, 0.2) is 0 Å². The number of carbonyl (C=O) groups is 1. The number of ether oxygens (including phenoxy) is 1. The second-order valence-corrected chi connectivity index (χ2v) is 5.99. The Kier molecular flexibility index (Phi) is 6.75. The van der Waals surface area contributed by atoms with Gasteiger partial charge < -0.3 is 15.8 Å². The number of likely N-dealkylation sites (N-methyl/N-ethyl adjacent to an activating group) is 1. The van der Waals surface area contributed by atoms with Gasteiger partial charge in [0.2, 0.25) is 5.91 Å². The highest BCUT2D eigenvalue weighted by molar-refractivity contribution is 5.81. The van der Waals surface area contributed by atoms with Gasteiger partial charge in [-0.1, -0.05) is 13.8 Å². The molecule has 3 N–H and O–H groups in total. The van der Waals surface area contributed by atoms with Gasteiger partial charge in [0.05, 0.1) is 13.2 Å². The molecule has 0 aliphatic carbocycles. The second kappa shape index (κ2) is 7.82. The maximum Gasteiger partial charge on any atom is 0.239 e. The fraction of sp³-hybridized carbons (Fsp3) is 0.929. The Hall–Kier alpha value is -0.650. The van der Waals surface area contributed by atoms with Gasteiger partial charge in [0.25, 0.3) is 0 Å². The molecule has 0 saturated carbocycles. The van der Waals surface area contributed by atoms with Gasteiger partial charge in [-0.3, -0.25) is 9.69 Å². The maximum absolute atomic E-state index is 12.0. The predicted molar refractivity (Wildman–Crippen MR) is 76.9 cm³/mol. The first-order chi connectivity index (χ1) is 9.00. The number of carbonyl (C=O) groups excluding carboxylic acids is 1. The van der Waals surface area contributed by atoms with E-state index in [4.69, 9.17) is 10.5 Å². The minimum absolute atomic E-state index is 0.0836. The number of hydrogen-bond acceptors (Lipinski definition) is 4. The van der Waals surface area contributed by atoms with Crippen LogP contribution in [0.4, 0.5) is 0 Å². The normalized spacial score (nSPS) is 21.4. The third kappa shape index (κ3) is 5.47. The molecule has 1 fully saturated rings. The minimum atomic E-state index is -0.130. The maximum atomic E-state index is 12.0. The molecule has 1 heterocycles. The van der Waals surface area contributed by atoms with Crippen molar-refractivity contribution in [3.8, 4) is 0 Å². The Bertz CT molecular complexity index is 282. The monoisotopic (exact) mass is 271 g/mol. The van der Waals surface area contributed by atoms with Crippen molar-refractivity contribution in [1.82, 2.24) is 10.2 Å². The topological polar surface area (TPSA) is 67.6 Å². The van der Waals surface area contributed by atoms with Gasteiger partial charge in [-0.2, -0.15) is 0 Å². The first-order valence-corrected chi connectivity index (χ1v) is 7.30. The lowest BCUT2D eigenvalue weighted by atomic mass is 9.88. The van der Waals surface area contributed by atoms with Crippen LogP contribution >= 0.6 is 0 Å². The van der Waals surface area contributed by atoms with Gasteiger partial charge in [-0.05, 0) is 38.3 Å². The third-order valence-corrected chi connectivity index (χ3v) is 3.74. The van der Waals surface area contributed by atoms with Crippen LogP contribution in [0.1, 0.15) is 33.6 Å². The minimum Gasteiger partial charge on any atom is -0.378 e. The SMILES string of the molecule is CCNC(=O)C1COCCN1CCCC(C)(C)CN. The number of hydrogen-bond donors (Lipinski definition) is 2. The van der Waals surface area contributed by atoms with Crippen LogP contribution in [0.25, 0.3) is 0 Å².